The Hall–Kier alpha value is -1.79. The minimum atomic E-state index is -0.580. The second-order valence-corrected chi connectivity index (χ2v) is 2.97. The molecule has 0 heterocycles. The molecule has 0 aliphatic heterocycles. The first-order valence-electron chi connectivity index (χ1n) is 4.81. The average Bonchev–Trinajstić information content (AvgIpc) is 2.38. The minimum absolute atomic E-state index is 0.0648. The summed E-state index contributed by atoms with van der Waals surface area (Å²) in [5.74, 6) is 0. The van der Waals surface area contributed by atoms with Crippen LogP contribution in [0.2, 0.25) is 0 Å². The molecule has 0 saturated carbocycles. The molecule has 0 atom stereocenters. The number of hydrogen-bond donors (Lipinski definition) is 0. The molecule has 6 heteroatoms. The number of rotatable bonds is 4. The molecule has 0 radical (unpaired) electrons. The van der Waals surface area contributed by atoms with Crippen LogP contribution >= 0.6 is 0 Å². The van der Waals surface area contributed by atoms with Crippen molar-refractivity contribution < 1.29 is 19.2 Å². The van der Waals surface area contributed by atoms with Gasteiger partial charge < -0.3 is 9.47 Å². The van der Waals surface area contributed by atoms with Gasteiger partial charge in [0.2, 0.25) is 0 Å². The Balaban J connectivity index is 0.000000366. The van der Waals surface area contributed by atoms with Gasteiger partial charge in [-0.05, 0) is 13.0 Å². The highest BCUT2D eigenvalue weighted by Crippen LogP contribution is 2.14. The van der Waals surface area contributed by atoms with Crippen LogP contribution in [0, 0.1) is 10.1 Å². The van der Waals surface area contributed by atoms with E-state index >= 15 is 0 Å². The number of nitro benzene ring substituents is 1. The summed E-state index contributed by atoms with van der Waals surface area (Å²) in [6.45, 7) is 1.83. The zero-order valence-electron chi connectivity index (χ0n) is 9.95. The van der Waals surface area contributed by atoms with Gasteiger partial charge in [0.05, 0.1) is 10.5 Å². The van der Waals surface area contributed by atoms with Crippen molar-refractivity contribution in [3.8, 4) is 0 Å². The molecule has 1 aromatic carbocycles. The SMILES string of the molecule is COC(C)OC.O=Cc1ccccc1[N+](=O)[O-]. The highest BCUT2D eigenvalue weighted by molar-refractivity contribution is 5.81. The van der Waals surface area contributed by atoms with E-state index in [0.717, 1.165) is 0 Å². The van der Waals surface area contributed by atoms with Crippen LogP contribution in [0.1, 0.15) is 17.3 Å². The van der Waals surface area contributed by atoms with Gasteiger partial charge in [0.25, 0.3) is 5.69 Å². The quantitative estimate of drug-likeness (QED) is 0.349. The molecule has 0 unspecified atom stereocenters. The molecule has 0 bridgehead atoms. The third-order valence-corrected chi connectivity index (χ3v) is 1.92. The molecule has 0 aliphatic rings. The topological polar surface area (TPSA) is 78.7 Å². The monoisotopic (exact) mass is 241 g/mol. The molecule has 6 nitrogen and oxygen atoms in total. The van der Waals surface area contributed by atoms with E-state index in [1.807, 2.05) is 6.92 Å². The van der Waals surface area contributed by atoms with Crippen molar-refractivity contribution in [1.82, 2.24) is 0 Å². The van der Waals surface area contributed by atoms with Crippen LogP contribution in [0.3, 0.4) is 0 Å². The lowest BCUT2D eigenvalue weighted by atomic mass is 10.2. The number of ether oxygens (including phenoxy) is 2. The Kier molecular flexibility index (Phi) is 7.49. The van der Waals surface area contributed by atoms with Crippen LogP contribution in [0.15, 0.2) is 24.3 Å². The Bertz CT molecular complexity index is 363. The largest absolute Gasteiger partial charge is 0.356 e. The van der Waals surface area contributed by atoms with E-state index in [2.05, 4.69) is 9.47 Å². The number of carbonyl (C=O) groups excluding carboxylic acids is 1. The van der Waals surface area contributed by atoms with Crippen molar-refractivity contribution in [2.45, 2.75) is 13.2 Å². The van der Waals surface area contributed by atoms with Gasteiger partial charge in [0.1, 0.15) is 0 Å². The van der Waals surface area contributed by atoms with Crippen molar-refractivity contribution in [2.24, 2.45) is 0 Å². The molecule has 0 amide bonds. The molecule has 0 fully saturated rings. The van der Waals surface area contributed by atoms with Gasteiger partial charge in [0.15, 0.2) is 12.6 Å². The number of aldehydes is 1. The highest BCUT2D eigenvalue weighted by Gasteiger charge is 2.09. The summed E-state index contributed by atoms with van der Waals surface area (Å²) >= 11 is 0. The summed E-state index contributed by atoms with van der Waals surface area (Å²) in [5, 5.41) is 10.2. The van der Waals surface area contributed by atoms with Crippen molar-refractivity contribution >= 4 is 12.0 Å². The van der Waals surface area contributed by atoms with Crippen LogP contribution in [-0.2, 0) is 9.47 Å². The van der Waals surface area contributed by atoms with Crippen molar-refractivity contribution in [3.05, 3.63) is 39.9 Å². The molecule has 0 aliphatic carbocycles. The van der Waals surface area contributed by atoms with E-state index < -0.39 is 4.92 Å². The van der Waals surface area contributed by atoms with E-state index in [4.69, 9.17) is 0 Å². The van der Waals surface area contributed by atoms with Gasteiger partial charge in [-0.15, -0.1) is 0 Å². The molecule has 0 saturated heterocycles. The summed E-state index contributed by atoms with van der Waals surface area (Å²) in [6, 6.07) is 5.80. The van der Waals surface area contributed by atoms with Crippen molar-refractivity contribution in [1.29, 1.82) is 0 Å². The van der Waals surface area contributed by atoms with Crippen LogP contribution in [0.4, 0.5) is 5.69 Å². The molecular weight excluding hydrogens is 226 g/mol. The molecule has 94 valence electrons. The maximum Gasteiger partial charge on any atom is 0.279 e. The lowest BCUT2D eigenvalue weighted by Crippen LogP contribution is -2.05. The fourth-order valence-corrected chi connectivity index (χ4v) is 0.850. The van der Waals surface area contributed by atoms with E-state index in [-0.39, 0.29) is 17.5 Å². The van der Waals surface area contributed by atoms with Gasteiger partial charge >= 0.3 is 0 Å². The van der Waals surface area contributed by atoms with E-state index in [9.17, 15) is 14.9 Å². The Labute approximate surface area is 99.3 Å². The number of methoxy groups -OCH3 is 2. The number of hydrogen-bond acceptors (Lipinski definition) is 5. The maximum atomic E-state index is 10.2. The zero-order valence-corrected chi connectivity index (χ0v) is 9.95. The third kappa shape index (κ3) is 5.74. The standard InChI is InChI=1S/C7H5NO3.C4H10O2/c9-5-6-3-1-2-4-7(6)8(10)11;1-4(5-2)6-3/h1-5H;4H,1-3H3. The number of para-hydroxylation sites is 1. The smallest absolute Gasteiger partial charge is 0.279 e. The molecule has 17 heavy (non-hydrogen) atoms. The first-order valence-corrected chi connectivity index (χ1v) is 4.81. The molecule has 0 spiro atoms. The Morgan fingerprint density at radius 2 is 1.82 bits per heavy atom. The highest BCUT2D eigenvalue weighted by atomic mass is 16.7. The summed E-state index contributed by atoms with van der Waals surface area (Å²) in [7, 11) is 3.21. The van der Waals surface area contributed by atoms with Crippen LogP contribution < -0.4 is 0 Å². The van der Waals surface area contributed by atoms with Crippen LogP contribution in [0.25, 0.3) is 0 Å². The summed E-state index contributed by atoms with van der Waals surface area (Å²) in [6.07, 6.45) is 0.406. The Morgan fingerprint density at radius 1 is 1.29 bits per heavy atom. The summed E-state index contributed by atoms with van der Waals surface area (Å²) < 4.78 is 9.35. The van der Waals surface area contributed by atoms with Gasteiger partial charge in [-0.1, -0.05) is 12.1 Å². The van der Waals surface area contributed by atoms with Crippen LogP contribution in [-0.4, -0.2) is 31.7 Å². The Morgan fingerprint density at radius 3 is 2.12 bits per heavy atom. The second-order valence-electron chi connectivity index (χ2n) is 2.97. The van der Waals surface area contributed by atoms with E-state index in [1.54, 1.807) is 20.3 Å². The molecule has 0 aromatic heterocycles. The lowest BCUT2D eigenvalue weighted by Gasteiger charge is -2.03. The second kappa shape index (κ2) is 8.37. The fraction of sp³-hybridized carbons (Fsp3) is 0.364. The molecule has 0 N–H and O–H groups in total. The number of benzene rings is 1. The number of carbonyl (C=O) groups is 1. The van der Waals surface area contributed by atoms with Crippen molar-refractivity contribution in [3.63, 3.8) is 0 Å². The van der Waals surface area contributed by atoms with E-state index in [0.29, 0.717) is 6.29 Å². The van der Waals surface area contributed by atoms with E-state index in [1.165, 1.54) is 18.2 Å². The molecule has 1 rings (SSSR count). The molecule has 1 aromatic rings. The first-order chi connectivity index (χ1) is 8.06. The maximum absolute atomic E-state index is 10.2. The third-order valence-electron chi connectivity index (χ3n) is 1.92. The number of nitrogens with zero attached hydrogens (tertiary/aromatic N) is 1. The normalized spacial score (nSPS) is 9.41. The minimum Gasteiger partial charge on any atom is -0.356 e. The van der Waals surface area contributed by atoms with Gasteiger partial charge in [0, 0.05) is 20.3 Å². The lowest BCUT2D eigenvalue weighted by molar-refractivity contribution is -0.385. The van der Waals surface area contributed by atoms with Gasteiger partial charge in [-0.3, -0.25) is 14.9 Å². The summed E-state index contributed by atoms with van der Waals surface area (Å²) in [4.78, 5) is 19.9. The number of nitro groups is 1. The zero-order chi connectivity index (χ0) is 13.3. The predicted molar refractivity (Wildman–Crippen MR) is 62.0 cm³/mol. The molecular formula is C11H15NO5. The average molecular weight is 241 g/mol. The van der Waals surface area contributed by atoms with Crippen molar-refractivity contribution in [2.75, 3.05) is 14.2 Å². The van der Waals surface area contributed by atoms with Gasteiger partial charge in [-0.25, -0.2) is 0 Å². The predicted octanol–water partition coefficient (Wildman–Crippen LogP) is 2.03. The summed E-state index contributed by atoms with van der Waals surface area (Å²) in [5.41, 5.74) is -0.0417. The first kappa shape index (κ1) is 15.2. The van der Waals surface area contributed by atoms with Gasteiger partial charge in [-0.2, -0.15) is 0 Å². The van der Waals surface area contributed by atoms with Crippen LogP contribution in [0.5, 0.6) is 0 Å². The fourth-order valence-electron chi connectivity index (χ4n) is 0.850.